The van der Waals surface area contributed by atoms with Crippen molar-refractivity contribution in [3.05, 3.63) is 17.8 Å². The van der Waals surface area contributed by atoms with Crippen molar-refractivity contribution < 1.29 is 33.7 Å². The van der Waals surface area contributed by atoms with Gasteiger partial charge in [0, 0.05) is 50.0 Å². The molecule has 1 aliphatic heterocycles. The number of Topliss-reactive ketones (excluding diaryl/α,β-unsaturated/α-hetero) is 1. The monoisotopic (exact) mass is 589 g/mol. The number of carbonyl (C=O) groups is 3. The number of aromatic nitrogens is 1. The second-order valence-corrected chi connectivity index (χ2v) is 12.8. The van der Waals surface area contributed by atoms with Crippen LogP contribution in [0.5, 0.6) is 5.75 Å². The molecule has 10 heteroatoms. The highest BCUT2D eigenvalue weighted by molar-refractivity contribution is 5.97. The molecular weight excluding hydrogens is 538 g/mol. The number of hydrogen-bond acceptors (Lipinski definition) is 8. The van der Waals surface area contributed by atoms with E-state index in [1.807, 2.05) is 34.6 Å². The van der Waals surface area contributed by atoms with Gasteiger partial charge < -0.3 is 24.2 Å². The van der Waals surface area contributed by atoms with Gasteiger partial charge in [0.25, 0.3) is 0 Å². The summed E-state index contributed by atoms with van der Waals surface area (Å²) in [5, 5.41) is 11.6. The lowest BCUT2D eigenvalue weighted by molar-refractivity contribution is -0.140. The molecule has 0 unspecified atom stereocenters. The van der Waals surface area contributed by atoms with Crippen molar-refractivity contribution >= 4 is 23.6 Å². The fourth-order valence-electron chi connectivity index (χ4n) is 5.34. The molecule has 1 N–H and O–H groups in total. The predicted molar refractivity (Wildman–Crippen MR) is 161 cm³/mol. The lowest BCUT2D eigenvalue weighted by atomic mass is 9.79. The molecule has 0 spiro atoms. The van der Waals surface area contributed by atoms with E-state index in [1.54, 1.807) is 37.9 Å². The van der Waals surface area contributed by atoms with Crippen molar-refractivity contribution in [2.45, 2.75) is 98.8 Å². The highest BCUT2D eigenvalue weighted by Gasteiger charge is 2.49. The number of likely N-dealkylation sites (tertiary alicyclic amines) is 1. The van der Waals surface area contributed by atoms with Gasteiger partial charge in [-0.2, -0.15) is 0 Å². The molecule has 1 aromatic heterocycles. The fourth-order valence-corrected chi connectivity index (χ4v) is 5.34. The van der Waals surface area contributed by atoms with E-state index in [9.17, 15) is 19.5 Å². The Morgan fingerprint density at radius 3 is 2.31 bits per heavy atom. The van der Waals surface area contributed by atoms with Crippen LogP contribution in [0.4, 0.5) is 10.6 Å². The van der Waals surface area contributed by atoms with E-state index in [0.717, 1.165) is 24.8 Å². The summed E-state index contributed by atoms with van der Waals surface area (Å²) in [5.41, 5.74) is 0.183. The van der Waals surface area contributed by atoms with Gasteiger partial charge in [-0.1, -0.05) is 20.8 Å². The average molecular weight is 590 g/mol. The molecule has 236 valence electrons. The number of pyridine rings is 1. The summed E-state index contributed by atoms with van der Waals surface area (Å²) in [4.78, 5) is 48.9. The molecule has 1 saturated heterocycles. The first kappa shape index (κ1) is 33.8. The van der Waals surface area contributed by atoms with Crippen LogP contribution in [0.1, 0.15) is 80.2 Å². The van der Waals surface area contributed by atoms with Gasteiger partial charge in [-0.25, -0.2) is 9.78 Å². The maximum absolute atomic E-state index is 14.3. The van der Waals surface area contributed by atoms with Gasteiger partial charge in [0.15, 0.2) is 0 Å². The van der Waals surface area contributed by atoms with E-state index in [-0.39, 0.29) is 49.1 Å². The van der Waals surface area contributed by atoms with Crippen LogP contribution in [0.15, 0.2) is 12.3 Å². The van der Waals surface area contributed by atoms with Gasteiger partial charge in [-0.05, 0) is 65.7 Å². The minimum absolute atomic E-state index is 0.0144. The van der Waals surface area contributed by atoms with Crippen LogP contribution in [0.25, 0.3) is 0 Å². The molecule has 10 nitrogen and oxygen atoms in total. The van der Waals surface area contributed by atoms with E-state index in [0.29, 0.717) is 31.4 Å². The van der Waals surface area contributed by atoms with E-state index in [2.05, 4.69) is 4.98 Å². The summed E-state index contributed by atoms with van der Waals surface area (Å²) in [6.45, 7) is 16.6. The zero-order valence-electron chi connectivity index (χ0n) is 26.7. The third-order valence-electron chi connectivity index (χ3n) is 7.99. The van der Waals surface area contributed by atoms with Crippen LogP contribution in [0.3, 0.4) is 0 Å². The molecule has 42 heavy (non-hydrogen) atoms. The number of ketones is 1. The molecule has 4 atom stereocenters. The number of aliphatic hydroxyl groups is 1. The zero-order valence-corrected chi connectivity index (χ0v) is 26.7. The highest BCUT2D eigenvalue weighted by atomic mass is 16.6. The van der Waals surface area contributed by atoms with Crippen molar-refractivity contribution in [1.29, 1.82) is 0 Å². The molecule has 1 aromatic rings. The summed E-state index contributed by atoms with van der Waals surface area (Å²) in [7, 11) is 0. The number of ether oxygens (including phenoxy) is 3. The van der Waals surface area contributed by atoms with E-state index in [1.165, 1.54) is 4.90 Å². The second-order valence-electron chi connectivity index (χ2n) is 12.8. The summed E-state index contributed by atoms with van der Waals surface area (Å²) in [6, 6.07) is 1.71. The van der Waals surface area contributed by atoms with Gasteiger partial charge >= 0.3 is 6.09 Å². The molecule has 2 heterocycles. The average Bonchev–Trinajstić information content (AvgIpc) is 3.75. The van der Waals surface area contributed by atoms with Crippen molar-refractivity contribution in [3.8, 4) is 5.75 Å². The molecule has 0 bridgehead atoms. The Bertz CT molecular complexity index is 1080. The van der Waals surface area contributed by atoms with Gasteiger partial charge in [-0.3, -0.25) is 14.5 Å². The van der Waals surface area contributed by atoms with Crippen LogP contribution in [0, 0.1) is 23.7 Å². The summed E-state index contributed by atoms with van der Waals surface area (Å²) in [6.07, 6.45) is 2.39. The standard InChI is InChI=1S/C32H51N3O7/c1-9-21-16-33-28(15-27(21)41-11-3)35(23-12-13-23)30(38)25-18-34(31(39)42-32(6,7)8)17-24(29(25)37)26(36)14-22(20(4)5)19-40-10-2/h15-16,20,22-25,29,37H,9-14,17-19H2,1-8H3/t22-,24-,25-,29+/m0/s1. The van der Waals surface area contributed by atoms with Crippen molar-refractivity contribution in [2.75, 3.05) is 37.8 Å². The Morgan fingerprint density at radius 2 is 1.76 bits per heavy atom. The minimum atomic E-state index is -1.26. The Balaban J connectivity index is 1.95. The van der Waals surface area contributed by atoms with Crippen molar-refractivity contribution in [3.63, 3.8) is 0 Å². The Kier molecular flexibility index (Phi) is 11.8. The number of hydrogen-bond donors (Lipinski definition) is 1. The number of carbonyl (C=O) groups excluding carboxylic acids is 3. The van der Waals surface area contributed by atoms with Gasteiger partial charge in [0.2, 0.25) is 5.91 Å². The number of aryl methyl sites for hydroxylation is 1. The lowest BCUT2D eigenvalue weighted by Gasteiger charge is -2.42. The number of nitrogens with zero attached hydrogens (tertiary/aromatic N) is 3. The quantitative estimate of drug-likeness (QED) is 0.353. The SMILES string of the molecule is CCOC[C@H](CC(=O)[C@@H]1CN(C(=O)OC(C)(C)C)C[C@H](C(=O)N(c2cc(OCC)c(CC)cn2)C2CC2)[C@@H]1O)C(C)C. The van der Waals surface area contributed by atoms with E-state index in [4.69, 9.17) is 14.2 Å². The fraction of sp³-hybridized carbons (Fsp3) is 0.750. The lowest BCUT2D eigenvalue weighted by Crippen LogP contribution is -2.59. The Morgan fingerprint density at radius 1 is 1.10 bits per heavy atom. The van der Waals surface area contributed by atoms with Crippen LogP contribution < -0.4 is 9.64 Å². The number of aliphatic hydroxyl groups excluding tert-OH is 1. The molecule has 1 saturated carbocycles. The normalized spacial score (nSPS) is 21.7. The molecule has 1 aliphatic carbocycles. The Labute approximate surface area is 251 Å². The van der Waals surface area contributed by atoms with Crippen molar-refractivity contribution in [1.82, 2.24) is 9.88 Å². The third-order valence-corrected chi connectivity index (χ3v) is 7.99. The largest absolute Gasteiger partial charge is 0.493 e. The summed E-state index contributed by atoms with van der Waals surface area (Å²) >= 11 is 0. The first-order valence-corrected chi connectivity index (χ1v) is 15.5. The summed E-state index contributed by atoms with van der Waals surface area (Å²) in [5.74, 6) is -1.24. The summed E-state index contributed by atoms with van der Waals surface area (Å²) < 4.78 is 17.1. The Hall–Kier alpha value is -2.72. The first-order valence-electron chi connectivity index (χ1n) is 15.5. The van der Waals surface area contributed by atoms with Crippen molar-refractivity contribution in [2.24, 2.45) is 23.7 Å². The maximum atomic E-state index is 14.3. The molecule has 0 radical (unpaired) electrons. The van der Waals surface area contributed by atoms with Crippen LogP contribution in [0.2, 0.25) is 0 Å². The zero-order chi connectivity index (χ0) is 31.2. The topological polar surface area (TPSA) is 118 Å². The van der Waals surface area contributed by atoms with Gasteiger partial charge in [-0.15, -0.1) is 0 Å². The molecule has 2 amide bonds. The van der Waals surface area contributed by atoms with E-state index >= 15 is 0 Å². The number of rotatable bonds is 13. The third kappa shape index (κ3) is 8.66. The van der Waals surface area contributed by atoms with Crippen LogP contribution >= 0.6 is 0 Å². The minimum Gasteiger partial charge on any atom is -0.493 e. The molecule has 0 aromatic carbocycles. The first-order chi connectivity index (χ1) is 19.8. The van der Waals surface area contributed by atoms with Gasteiger partial charge in [0.1, 0.15) is 23.0 Å². The number of anilines is 1. The maximum Gasteiger partial charge on any atom is 0.410 e. The smallest absolute Gasteiger partial charge is 0.410 e. The molecular formula is C32H51N3O7. The van der Waals surface area contributed by atoms with Crippen LogP contribution in [-0.4, -0.2) is 83.4 Å². The molecule has 2 fully saturated rings. The van der Waals surface area contributed by atoms with Crippen LogP contribution in [-0.2, 0) is 25.5 Å². The second kappa shape index (κ2) is 14.6. The number of amides is 2. The molecule has 3 rings (SSSR count). The molecule has 2 aliphatic rings. The van der Waals surface area contributed by atoms with Gasteiger partial charge in [0.05, 0.1) is 31.2 Å². The number of piperidine rings is 1. The van der Waals surface area contributed by atoms with E-state index < -0.39 is 29.6 Å². The highest BCUT2D eigenvalue weighted by Crippen LogP contribution is 2.37. The predicted octanol–water partition coefficient (Wildman–Crippen LogP) is 4.65.